The number of hydrogen-bond acceptors (Lipinski definition) is 1. The summed E-state index contributed by atoms with van der Waals surface area (Å²) >= 11 is 0. The van der Waals surface area contributed by atoms with E-state index in [1.54, 1.807) is 0 Å². The van der Waals surface area contributed by atoms with Crippen LogP contribution in [-0.2, 0) is 5.92 Å². The third-order valence-electron chi connectivity index (χ3n) is 2.79. The Morgan fingerprint density at radius 3 is 1.52 bits per heavy atom. The van der Waals surface area contributed by atoms with E-state index in [9.17, 15) is 48.3 Å². The maximum absolute atomic E-state index is 13.5. The molecule has 0 radical (unpaired) electrons. The molecule has 0 heterocycles. The van der Waals surface area contributed by atoms with E-state index in [0.717, 1.165) is 6.07 Å². The number of hydrogen-bond donors (Lipinski definition) is 1. The van der Waals surface area contributed by atoms with Gasteiger partial charge in [-0.3, -0.25) is 0 Å². The second-order valence-corrected chi connectivity index (χ2v) is 4.42. The van der Waals surface area contributed by atoms with Crippen molar-refractivity contribution < 1.29 is 48.3 Å². The molecule has 1 nitrogen and oxygen atoms in total. The van der Waals surface area contributed by atoms with Crippen molar-refractivity contribution in [3.05, 3.63) is 29.8 Å². The van der Waals surface area contributed by atoms with E-state index in [-0.39, 0.29) is 12.1 Å². The van der Waals surface area contributed by atoms with Crippen LogP contribution in [0.3, 0.4) is 0 Å². The Bertz CT molecular complexity index is 576. The first-order valence-corrected chi connectivity index (χ1v) is 5.44. The van der Waals surface area contributed by atoms with E-state index in [4.69, 9.17) is 5.73 Å². The molecule has 1 aromatic rings. The molecule has 0 bridgehead atoms. The first-order valence-electron chi connectivity index (χ1n) is 5.44. The van der Waals surface area contributed by atoms with E-state index in [2.05, 4.69) is 0 Å². The van der Waals surface area contributed by atoms with Crippen molar-refractivity contribution in [1.29, 1.82) is 0 Å². The van der Waals surface area contributed by atoms with Crippen LogP contribution in [0.4, 0.5) is 54.0 Å². The maximum atomic E-state index is 13.5. The molecule has 132 valence electrons. The molecule has 12 heteroatoms. The van der Waals surface area contributed by atoms with Gasteiger partial charge in [-0.15, -0.1) is 0 Å². The Morgan fingerprint density at radius 2 is 1.13 bits per heavy atom. The molecule has 0 saturated heterocycles. The van der Waals surface area contributed by atoms with Gasteiger partial charge >= 0.3 is 29.9 Å². The standard InChI is InChI=1S/C11H6F11N/c12-7(13,5-2-1-3-6(23)4-5)8(14,15)9(16,17)10(18,19)11(20,21)22/h1-4H,23H2. The highest BCUT2D eigenvalue weighted by molar-refractivity contribution is 5.43. The predicted molar refractivity (Wildman–Crippen MR) is 55.6 cm³/mol. The average molecular weight is 361 g/mol. The lowest BCUT2D eigenvalue weighted by molar-refractivity contribution is -0.424. The number of rotatable bonds is 4. The predicted octanol–water partition coefficient (Wildman–Crippen LogP) is 4.83. The zero-order valence-electron chi connectivity index (χ0n) is 10.5. The number of nitrogens with two attached hydrogens (primary N) is 1. The average Bonchev–Trinajstić information content (AvgIpc) is 2.36. The zero-order valence-corrected chi connectivity index (χ0v) is 10.5. The lowest BCUT2D eigenvalue weighted by Gasteiger charge is -2.37. The molecular formula is C11H6F11N. The van der Waals surface area contributed by atoms with Crippen LogP contribution in [0.1, 0.15) is 5.56 Å². The number of benzene rings is 1. The van der Waals surface area contributed by atoms with Crippen molar-refractivity contribution in [3.8, 4) is 0 Å². The minimum absolute atomic E-state index is 0.0513. The summed E-state index contributed by atoms with van der Waals surface area (Å²) in [5, 5.41) is 0. The highest BCUT2D eigenvalue weighted by Gasteiger charge is 2.87. The summed E-state index contributed by atoms with van der Waals surface area (Å²) < 4.78 is 141. The quantitative estimate of drug-likeness (QED) is 0.604. The molecule has 0 spiro atoms. The van der Waals surface area contributed by atoms with E-state index in [1.165, 1.54) is 0 Å². The fraction of sp³-hybridized carbons (Fsp3) is 0.455. The van der Waals surface area contributed by atoms with E-state index >= 15 is 0 Å². The van der Waals surface area contributed by atoms with Gasteiger partial charge in [0.25, 0.3) is 0 Å². The second-order valence-electron chi connectivity index (χ2n) is 4.42. The molecule has 0 aliphatic rings. The van der Waals surface area contributed by atoms with Gasteiger partial charge in [0.1, 0.15) is 0 Å². The Hall–Kier alpha value is -1.75. The minimum Gasteiger partial charge on any atom is -0.399 e. The molecule has 0 fully saturated rings. The second kappa shape index (κ2) is 5.13. The van der Waals surface area contributed by atoms with Crippen LogP contribution >= 0.6 is 0 Å². The van der Waals surface area contributed by atoms with Gasteiger partial charge in [-0.25, -0.2) is 0 Å². The zero-order chi connectivity index (χ0) is 18.5. The van der Waals surface area contributed by atoms with E-state index < -0.39 is 41.1 Å². The summed E-state index contributed by atoms with van der Waals surface area (Å²) in [6.45, 7) is 0. The number of nitrogen functional groups attached to an aromatic ring is 1. The molecule has 0 unspecified atom stereocenters. The van der Waals surface area contributed by atoms with Gasteiger partial charge in [-0.05, 0) is 12.1 Å². The van der Waals surface area contributed by atoms with Crippen LogP contribution in [-0.4, -0.2) is 23.9 Å². The molecule has 0 amide bonds. The Morgan fingerprint density at radius 1 is 0.652 bits per heavy atom. The number of halogens is 11. The molecular weight excluding hydrogens is 355 g/mol. The third-order valence-corrected chi connectivity index (χ3v) is 2.79. The van der Waals surface area contributed by atoms with Crippen LogP contribution in [0.15, 0.2) is 24.3 Å². The molecule has 0 atom stereocenters. The van der Waals surface area contributed by atoms with Crippen molar-refractivity contribution in [3.63, 3.8) is 0 Å². The summed E-state index contributed by atoms with van der Waals surface area (Å²) in [7, 11) is 0. The third kappa shape index (κ3) is 2.67. The van der Waals surface area contributed by atoms with Crippen LogP contribution in [0, 0.1) is 0 Å². The Kier molecular flexibility index (Phi) is 4.30. The smallest absolute Gasteiger partial charge is 0.399 e. The first kappa shape index (κ1) is 19.3. The molecule has 1 rings (SSSR count). The van der Waals surface area contributed by atoms with Gasteiger partial charge in [0.2, 0.25) is 0 Å². The summed E-state index contributed by atoms with van der Waals surface area (Å²) in [5.41, 5.74) is 2.40. The SMILES string of the molecule is Nc1cccc(C(F)(F)C(F)(F)C(F)(F)C(F)(F)C(F)(F)F)c1. The van der Waals surface area contributed by atoms with Crippen LogP contribution in [0.2, 0.25) is 0 Å². The fourth-order valence-corrected chi connectivity index (χ4v) is 1.49. The van der Waals surface area contributed by atoms with E-state index in [0.29, 0.717) is 6.07 Å². The molecule has 23 heavy (non-hydrogen) atoms. The molecule has 1 aromatic carbocycles. The molecule has 0 aliphatic carbocycles. The molecule has 0 saturated carbocycles. The minimum atomic E-state index is -7.42. The monoisotopic (exact) mass is 361 g/mol. The molecule has 0 aliphatic heterocycles. The van der Waals surface area contributed by atoms with Gasteiger partial charge in [-0.1, -0.05) is 12.1 Å². The highest BCUT2D eigenvalue weighted by Crippen LogP contribution is 2.59. The van der Waals surface area contributed by atoms with Gasteiger partial charge < -0.3 is 5.73 Å². The molecule has 2 N–H and O–H groups in total. The van der Waals surface area contributed by atoms with E-state index in [1.807, 2.05) is 0 Å². The van der Waals surface area contributed by atoms with Gasteiger partial charge in [-0.2, -0.15) is 48.3 Å². The van der Waals surface area contributed by atoms with Gasteiger partial charge in [0, 0.05) is 11.3 Å². The highest BCUT2D eigenvalue weighted by atomic mass is 19.4. The van der Waals surface area contributed by atoms with Crippen LogP contribution < -0.4 is 5.73 Å². The summed E-state index contributed by atoms with van der Waals surface area (Å²) in [6, 6.07) is 1.66. The first-order chi connectivity index (χ1) is 10.00. The number of alkyl halides is 11. The van der Waals surface area contributed by atoms with Gasteiger partial charge in [0.05, 0.1) is 0 Å². The van der Waals surface area contributed by atoms with Crippen molar-refractivity contribution in [2.75, 3.05) is 5.73 Å². The van der Waals surface area contributed by atoms with Crippen LogP contribution in [0.25, 0.3) is 0 Å². The lowest BCUT2D eigenvalue weighted by atomic mass is 9.93. The summed E-state index contributed by atoms with van der Waals surface area (Å²) in [4.78, 5) is 0. The van der Waals surface area contributed by atoms with Crippen molar-refractivity contribution in [1.82, 2.24) is 0 Å². The molecule has 0 aromatic heterocycles. The van der Waals surface area contributed by atoms with Gasteiger partial charge in [0.15, 0.2) is 0 Å². The largest absolute Gasteiger partial charge is 0.460 e. The Labute approximate surface area is 120 Å². The Balaban J connectivity index is 3.49. The van der Waals surface area contributed by atoms with Crippen LogP contribution in [0.5, 0.6) is 0 Å². The fourth-order valence-electron chi connectivity index (χ4n) is 1.49. The van der Waals surface area contributed by atoms with Crippen molar-refractivity contribution in [2.45, 2.75) is 29.9 Å². The summed E-state index contributed by atoms with van der Waals surface area (Å²) in [6.07, 6.45) is -7.17. The summed E-state index contributed by atoms with van der Waals surface area (Å²) in [5.74, 6) is -27.9. The number of anilines is 1. The lowest BCUT2D eigenvalue weighted by Crippen LogP contribution is -2.65. The topological polar surface area (TPSA) is 26.0 Å². The maximum Gasteiger partial charge on any atom is 0.460 e. The van der Waals surface area contributed by atoms with Crippen molar-refractivity contribution >= 4 is 5.69 Å². The normalized spacial score (nSPS) is 14.9. The van der Waals surface area contributed by atoms with Crippen molar-refractivity contribution in [2.24, 2.45) is 0 Å².